The summed E-state index contributed by atoms with van der Waals surface area (Å²) < 4.78 is 16.1. The van der Waals surface area contributed by atoms with Gasteiger partial charge in [0.15, 0.2) is 11.5 Å². The standard InChI is InChI=1S/C17H21NO4/c1-10(2)6-7-12-15(21-4)11-8-9-13(20-3)16(22-5)14(11)18-17(12)19/h6-10H,1-5H3,(H,18,19). The van der Waals surface area contributed by atoms with Crippen LogP contribution in [0, 0.1) is 5.92 Å². The average molecular weight is 303 g/mol. The Morgan fingerprint density at radius 2 is 1.73 bits per heavy atom. The van der Waals surface area contributed by atoms with Crippen molar-refractivity contribution in [2.75, 3.05) is 21.3 Å². The van der Waals surface area contributed by atoms with Gasteiger partial charge >= 0.3 is 0 Å². The maximum atomic E-state index is 12.4. The van der Waals surface area contributed by atoms with E-state index in [1.807, 2.05) is 26.0 Å². The van der Waals surface area contributed by atoms with Gasteiger partial charge in [0.1, 0.15) is 5.75 Å². The number of hydrogen-bond acceptors (Lipinski definition) is 4. The van der Waals surface area contributed by atoms with Crippen LogP contribution in [0.1, 0.15) is 19.4 Å². The highest BCUT2D eigenvalue weighted by Gasteiger charge is 2.17. The quantitative estimate of drug-likeness (QED) is 0.921. The number of methoxy groups -OCH3 is 3. The predicted molar refractivity (Wildman–Crippen MR) is 88.1 cm³/mol. The Kier molecular flexibility index (Phi) is 4.75. The van der Waals surface area contributed by atoms with Crippen LogP contribution >= 0.6 is 0 Å². The number of pyridine rings is 1. The lowest BCUT2D eigenvalue weighted by molar-refractivity contribution is 0.357. The first-order valence-corrected chi connectivity index (χ1v) is 7.06. The van der Waals surface area contributed by atoms with E-state index < -0.39 is 0 Å². The van der Waals surface area contributed by atoms with Gasteiger partial charge in [-0.3, -0.25) is 4.79 Å². The highest BCUT2D eigenvalue weighted by atomic mass is 16.5. The van der Waals surface area contributed by atoms with Crippen molar-refractivity contribution in [2.45, 2.75) is 13.8 Å². The number of aromatic nitrogens is 1. The SMILES string of the molecule is COc1ccc2c(OC)c(C=CC(C)C)c(=O)[nH]c2c1OC. The number of aromatic amines is 1. The molecule has 1 aromatic heterocycles. The molecule has 0 bridgehead atoms. The van der Waals surface area contributed by atoms with Gasteiger partial charge in [-0.05, 0) is 24.1 Å². The summed E-state index contributed by atoms with van der Waals surface area (Å²) in [5.41, 5.74) is 0.828. The third-order valence-corrected chi connectivity index (χ3v) is 3.37. The van der Waals surface area contributed by atoms with Gasteiger partial charge in [-0.15, -0.1) is 0 Å². The van der Waals surface area contributed by atoms with Crippen LogP contribution in [-0.2, 0) is 0 Å². The average Bonchev–Trinajstić information content (AvgIpc) is 2.50. The highest BCUT2D eigenvalue weighted by molar-refractivity contribution is 5.94. The van der Waals surface area contributed by atoms with Crippen molar-refractivity contribution in [1.82, 2.24) is 4.98 Å². The van der Waals surface area contributed by atoms with Crippen LogP contribution in [-0.4, -0.2) is 26.3 Å². The topological polar surface area (TPSA) is 60.5 Å². The summed E-state index contributed by atoms with van der Waals surface area (Å²) in [4.78, 5) is 15.3. The molecular weight excluding hydrogens is 282 g/mol. The number of nitrogens with one attached hydrogen (secondary N) is 1. The molecule has 0 unspecified atom stereocenters. The molecule has 0 amide bonds. The van der Waals surface area contributed by atoms with Crippen molar-refractivity contribution in [3.8, 4) is 17.2 Å². The van der Waals surface area contributed by atoms with E-state index in [9.17, 15) is 4.79 Å². The number of hydrogen-bond donors (Lipinski definition) is 1. The Morgan fingerprint density at radius 1 is 1.05 bits per heavy atom. The molecule has 22 heavy (non-hydrogen) atoms. The highest BCUT2D eigenvalue weighted by Crippen LogP contribution is 2.38. The van der Waals surface area contributed by atoms with Crippen molar-refractivity contribution in [3.63, 3.8) is 0 Å². The fraction of sp³-hybridized carbons (Fsp3) is 0.353. The molecule has 0 aliphatic rings. The Labute approximate surface area is 129 Å². The van der Waals surface area contributed by atoms with Crippen molar-refractivity contribution in [3.05, 3.63) is 34.1 Å². The zero-order chi connectivity index (χ0) is 16.3. The molecule has 118 valence electrons. The zero-order valence-corrected chi connectivity index (χ0v) is 13.5. The van der Waals surface area contributed by atoms with Crippen LogP contribution in [0.5, 0.6) is 17.2 Å². The Balaban J connectivity index is 2.82. The smallest absolute Gasteiger partial charge is 0.259 e. The third-order valence-electron chi connectivity index (χ3n) is 3.37. The second-order valence-electron chi connectivity index (χ2n) is 5.23. The molecule has 1 heterocycles. The third kappa shape index (κ3) is 2.79. The first-order chi connectivity index (χ1) is 10.5. The van der Waals surface area contributed by atoms with E-state index >= 15 is 0 Å². The van der Waals surface area contributed by atoms with Gasteiger partial charge in [-0.2, -0.15) is 0 Å². The Hall–Kier alpha value is -2.43. The van der Waals surface area contributed by atoms with E-state index in [2.05, 4.69) is 4.98 Å². The van der Waals surface area contributed by atoms with E-state index in [0.717, 1.165) is 5.39 Å². The molecule has 5 heteroatoms. The lowest BCUT2D eigenvalue weighted by Crippen LogP contribution is -2.12. The molecule has 0 fully saturated rings. The number of allylic oxidation sites excluding steroid dienone is 1. The Morgan fingerprint density at radius 3 is 2.27 bits per heavy atom. The molecule has 0 spiro atoms. The minimum atomic E-state index is -0.229. The van der Waals surface area contributed by atoms with E-state index in [1.165, 1.54) is 7.11 Å². The maximum absolute atomic E-state index is 12.4. The van der Waals surface area contributed by atoms with Crippen LogP contribution in [0.4, 0.5) is 0 Å². The lowest BCUT2D eigenvalue weighted by Gasteiger charge is -2.14. The molecule has 2 rings (SSSR count). The van der Waals surface area contributed by atoms with Gasteiger partial charge in [0.05, 0.1) is 32.4 Å². The maximum Gasteiger partial charge on any atom is 0.259 e. The molecule has 0 saturated carbocycles. The van der Waals surface area contributed by atoms with Gasteiger partial charge in [-0.25, -0.2) is 0 Å². The fourth-order valence-corrected chi connectivity index (χ4v) is 2.33. The lowest BCUT2D eigenvalue weighted by atomic mass is 10.1. The summed E-state index contributed by atoms with van der Waals surface area (Å²) in [6.45, 7) is 4.10. The number of fused-ring (bicyclic) bond motifs is 1. The minimum Gasteiger partial charge on any atom is -0.495 e. The number of rotatable bonds is 5. The zero-order valence-electron chi connectivity index (χ0n) is 13.5. The molecule has 1 aromatic carbocycles. The van der Waals surface area contributed by atoms with Crippen LogP contribution in [0.3, 0.4) is 0 Å². The molecule has 0 aliphatic heterocycles. The number of ether oxygens (including phenoxy) is 3. The normalized spacial score (nSPS) is 11.4. The molecule has 1 N–H and O–H groups in total. The van der Waals surface area contributed by atoms with Crippen LogP contribution < -0.4 is 19.8 Å². The van der Waals surface area contributed by atoms with Gasteiger partial charge in [-0.1, -0.05) is 19.9 Å². The van der Waals surface area contributed by atoms with Gasteiger partial charge < -0.3 is 19.2 Å². The summed E-state index contributed by atoms with van der Waals surface area (Å²) in [7, 11) is 4.64. The summed E-state index contributed by atoms with van der Waals surface area (Å²) >= 11 is 0. The van der Waals surface area contributed by atoms with Crippen LogP contribution in [0.15, 0.2) is 23.0 Å². The molecule has 0 aliphatic carbocycles. The fourth-order valence-electron chi connectivity index (χ4n) is 2.33. The molecular formula is C17H21NO4. The molecule has 5 nitrogen and oxygen atoms in total. The minimum absolute atomic E-state index is 0.229. The van der Waals surface area contributed by atoms with Crippen molar-refractivity contribution >= 4 is 17.0 Å². The summed E-state index contributed by atoms with van der Waals surface area (Å²) in [5.74, 6) is 1.90. The summed E-state index contributed by atoms with van der Waals surface area (Å²) in [6, 6.07) is 3.64. The van der Waals surface area contributed by atoms with Gasteiger partial charge in [0.2, 0.25) is 0 Å². The van der Waals surface area contributed by atoms with E-state index in [-0.39, 0.29) is 5.56 Å². The monoisotopic (exact) mass is 303 g/mol. The summed E-state index contributed by atoms with van der Waals surface area (Å²) in [6.07, 6.45) is 3.75. The molecule has 0 atom stereocenters. The second-order valence-corrected chi connectivity index (χ2v) is 5.23. The molecule has 2 aromatic rings. The van der Waals surface area contributed by atoms with Crippen molar-refractivity contribution in [2.24, 2.45) is 5.92 Å². The summed E-state index contributed by atoms with van der Waals surface area (Å²) in [5, 5.41) is 0.767. The molecule has 0 saturated heterocycles. The van der Waals surface area contributed by atoms with Crippen molar-refractivity contribution in [1.29, 1.82) is 0 Å². The second kappa shape index (κ2) is 6.56. The largest absolute Gasteiger partial charge is 0.495 e. The predicted octanol–water partition coefficient (Wildman–Crippen LogP) is 3.22. The van der Waals surface area contributed by atoms with Crippen molar-refractivity contribution < 1.29 is 14.2 Å². The first-order valence-electron chi connectivity index (χ1n) is 7.06. The van der Waals surface area contributed by atoms with E-state index in [1.54, 1.807) is 26.4 Å². The number of H-pyrrole nitrogens is 1. The number of benzene rings is 1. The van der Waals surface area contributed by atoms with Crippen LogP contribution in [0.25, 0.3) is 17.0 Å². The van der Waals surface area contributed by atoms with E-state index in [0.29, 0.717) is 34.2 Å². The van der Waals surface area contributed by atoms with Gasteiger partial charge in [0, 0.05) is 5.39 Å². The Bertz CT molecular complexity index is 759. The molecule has 0 radical (unpaired) electrons. The van der Waals surface area contributed by atoms with Crippen LogP contribution in [0.2, 0.25) is 0 Å². The van der Waals surface area contributed by atoms with Gasteiger partial charge in [0.25, 0.3) is 5.56 Å². The van der Waals surface area contributed by atoms with E-state index in [4.69, 9.17) is 14.2 Å². The first kappa shape index (κ1) is 15.9.